The lowest BCUT2D eigenvalue weighted by molar-refractivity contribution is -0.145. The molecule has 1 heterocycles. The second-order valence-corrected chi connectivity index (χ2v) is 10.3. The molecule has 2 atom stereocenters. The Kier molecular flexibility index (Phi) is 9.84. The van der Waals surface area contributed by atoms with Crippen molar-refractivity contribution in [1.82, 2.24) is 20.4 Å². The standard InChI is InChI=1S/C27H42N4O5/c1-18(2)11-24-26(33)30(16-19-12-22(35-4)15-23(13-19)36-5)17-21(14-25(32)28-3)31(24)27(34)29-20-9-7-6-8-10-20/h12-13,15,18,20-21,24H,6-11,14,16-17H2,1-5H3,(H,28,32)(H,29,34)/t21-,24-/m0/s1. The van der Waals surface area contributed by atoms with Gasteiger partial charge in [0.25, 0.3) is 0 Å². The van der Waals surface area contributed by atoms with Gasteiger partial charge in [0, 0.05) is 38.7 Å². The van der Waals surface area contributed by atoms with Crippen LogP contribution in [0.1, 0.15) is 64.4 Å². The Balaban J connectivity index is 1.90. The van der Waals surface area contributed by atoms with Gasteiger partial charge in [-0.1, -0.05) is 33.1 Å². The molecule has 2 aliphatic rings. The van der Waals surface area contributed by atoms with E-state index in [0.29, 0.717) is 24.5 Å². The van der Waals surface area contributed by atoms with Crippen LogP contribution in [-0.2, 0) is 16.1 Å². The molecule has 2 N–H and O–H groups in total. The minimum Gasteiger partial charge on any atom is -0.497 e. The summed E-state index contributed by atoms with van der Waals surface area (Å²) < 4.78 is 10.8. The number of benzene rings is 1. The Morgan fingerprint density at radius 1 is 1.06 bits per heavy atom. The lowest BCUT2D eigenvalue weighted by Crippen LogP contribution is -2.66. The number of nitrogens with one attached hydrogen (secondary N) is 2. The molecule has 9 nitrogen and oxygen atoms in total. The van der Waals surface area contributed by atoms with E-state index in [9.17, 15) is 14.4 Å². The second-order valence-electron chi connectivity index (χ2n) is 10.3. The number of ether oxygens (including phenoxy) is 2. The minimum absolute atomic E-state index is 0.0996. The second kappa shape index (κ2) is 12.8. The van der Waals surface area contributed by atoms with E-state index in [-0.39, 0.29) is 42.8 Å². The Morgan fingerprint density at radius 3 is 2.25 bits per heavy atom. The summed E-state index contributed by atoms with van der Waals surface area (Å²) in [6.45, 7) is 4.70. The molecule has 1 saturated heterocycles. The molecule has 9 heteroatoms. The van der Waals surface area contributed by atoms with Crippen molar-refractivity contribution in [1.29, 1.82) is 0 Å². The Bertz CT molecular complexity index is 893. The first-order valence-electron chi connectivity index (χ1n) is 13.1. The van der Waals surface area contributed by atoms with Crippen molar-refractivity contribution in [2.24, 2.45) is 5.92 Å². The Hall–Kier alpha value is -2.97. The summed E-state index contributed by atoms with van der Waals surface area (Å²) >= 11 is 0. The molecule has 2 fully saturated rings. The number of amides is 4. The largest absolute Gasteiger partial charge is 0.497 e. The van der Waals surface area contributed by atoms with Gasteiger partial charge in [0.2, 0.25) is 11.8 Å². The lowest BCUT2D eigenvalue weighted by atomic mass is 9.93. The third kappa shape index (κ3) is 7.04. The third-order valence-corrected chi connectivity index (χ3v) is 7.10. The van der Waals surface area contributed by atoms with Gasteiger partial charge >= 0.3 is 6.03 Å². The Morgan fingerprint density at radius 2 is 1.69 bits per heavy atom. The van der Waals surface area contributed by atoms with E-state index >= 15 is 0 Å². The van der Waals surface area contributed by atoms with Crippen LogP contribution in [0.15, 0.2) is 18.2 Å². The molecule has 1 aromatic carbocycles. The number of hydrogen-bond acceptors (Lipinski definition) is 5. The van der Waals surface area contributed by atoms with Gasteiger partial charge in [-0.05, 0) is 42.9 Å². The zero-order chi connectivity index (χ0) is 26.2. The fourth-order valence-corrected chi connectivity index (χ4v) is 5.28. The van der Waals surface area contributed by atoms with E-state index in [1.807, 2.05) is 26.0 Å². The molecule has 1 aliphatic heterocycles. The molecule has 0 unspecified atom stereocenters. The minimum atomic E-state index is -0.635. The van der Waals surface area contributed by atoms with Crippen molar-refractivity contribution in [3.8, 4) is 11.5 Å². The molecule has 36 heavy (non-hydrogen) atoms. The van der Waals surface area contributed by atoms with E-state index in [1.54, 1.807) is 37.1 Å². The first-order valence-corrected chi connectivity index (χ1v) is 13.1. The highest BCUT2D eigenvalue weighted by molar-refractivity contribution is 5.89. The van der Waals surface area contributed by atoms with Gasteiger partial charge in [-0.25, -0.2) is 4.79 Å². The predicted molar refractivity (Wildman–Crippen MR) is 138 cm³/mol. The van der Waals surface area contributed by atoms with Gasteiger partial charge in [-0.3, -0.25) is 9.59 Å². The van der Waals surface area contributed by atoms with Crippen molar-refractivity contribution in [3.63, 3.8) is 0 Å². The monoisotopic (exact) mass is 502 g/mol. The van der Waals surface area contributed by atoms with E-state index in [1.165, 1.54) is 6.42 Å². The first-order chi connectivity index (χ1) is 17.2. The van der Waals surface area contributed by atoms with Gasteiger partial charge in [0.05, 0.1) is 20.3 Å². The summed E-state index contributed by atoms with van der Waals surface area (Å²) in [5.41, 5.74) is 0.863. The molecule has 1 saturated carbocycles. The summed E-state index contributed by atoms with van der Waals surface area (Å²) in [6.07, 6.45) is 5.94. The van der Waals surface area contributed by atoms with E-state index in [2.05, 4.69) is 10.6 Å². The Labute approximate surface area is 214 Å². The van der Waals surface area contributed by atoms with Crippen molar-refractivity contribution < 1.29 is 23.9 Å². The van der Waals surface area contributed by atoms with Crippen LogP contribution in [0, 0.1) is 5.92 Å². The average molecular weight is 503 g/mol. The van der Waals surface area contributed by atoms with Crippen LogP contribution >= 0.6 is 0 Å². The highest BCUT2D eigenvalue weighted by Crippen LogP contribution is 2.29. The van der Waals surface area contributed by atoms with Gasteiger partial charge in [-0.15, -0.1) is 0 Å². The average Bonchev–Trinajstić information content (AvgIpc) is 2.86. The van der Waals surface area contributed by atoms with Gasteiger partial charge in [-0.2, -0.15) is 0 Å². The van der Waals surface area contributed by atoms with Crippen molar-refractivity contribution in [2.75, 3.05) is 27.8 Å². The number of urea groups is 1. The van der Waals surface area contributed by atoms with Gasteiger partial charge in [0.15, 0.2) is 0 Å². The lowest BCUT2D eigenvalue weighted by Gasteiger charge is -2.47. The quantitative estimate of drug-likeness (QED) is 0.540. The van der Waals surface area contributed by atoms with Crippen LogP contribution in [0.3, 0.4) is 0 Å². The van der Waals surface area contributed by atoms with Crippen molar-refractivity contribution in [2.45, 2.75) is 83.5 Å². The molecular formula is C27H42N4O5. The van der Waals surface area contributed by atoms with Crippen LogP contribution in [0.2, 0.25) is 0 Å². The maximum absolute atomic E-state index is 13.8. The number of carbonyl (C=O) groups excluding carboxylic acids is 3. The molecule has 1 aliphatic carbocycles. The maximum atomic E-state index is 13.8. The van der Waals surface area contributed by atoms with E-state index in [4.69, 9.17) is 9.47 Å². The normalized spacial score (nSPS) is 20.9. The van der Waals surface area contributed by atoms with Gasteiger partial charge < -0.3 is 29.9 Å². The highest BCUT2D eigenvalue weighted by Gasteiger charge is 2.44. The van der Waals surface area contributed by atoms with Crippen LogP contribution in [-0.4, -0.2) is 73.6 Å². The van der Waals surface area contributed by atoms with Gasteiger partial charge in [0.1, 0.15) is 17.5 Å². The molecule has 200 valence electrons. The molecule has 3 rings (SSSR count). The summed E-state index contributed by atoms with van der Waals surface area (Å²) in [7, 11) is 4.77. The molecule has 1 aromatic rings. The molecule has 0 bridgehead atoms. The molecule has 0 spiro atoms. The number of nitrogens with zero attached hydrogens (tertiary/aromatic N) is 2. The predicted octanol–water partition coefficient (Wildman–Crippen LogP) is 3.31. The highest BCUT2D eigenvalue weighted by atomic mass is 16.5. The summed E-state index contributed by atoms with van der Waals surface area (Å²) in [5, 5.41) is 5.86. The fraction of sp³-hybridized carbons (Fsp3) is 0.667. The summed E-state index contributed by atoms with van der Waals surface area (Å²) in [6, 6.07) is 4.36. The number of methoxy groups -OCH3 is 2. The third-order valence-electron chi connectivity index (χ3n) is 7.10. The number of rotatable bonds is 9. The summed E-state index contributed by atoms with van der Waals surface area (Å²) in [5.74, 6) is 1.22. The van der Waals surface area contributed by atoms with E-state index < -0.39 is 12.1 Å². The van der Waals surface area contributed by atoms with Crippen LogP contribution in [0.25, 0.3) is 0 Å². The van der Waals surface area contributed by atoms with Crippen molar-refractivity contribution in [3.05, 3.63) is 23.8 Å². The maximum Gasteiger partial charge on any atom is 0.318 e. The molecular weight excluding hydrogens is 460 g/mol. The molecule has 0 aromatic heterocycles. The smallest absolute Gasteiger partial charge is 0.318 e. The number of hydrogen-bond donors (Lipinski definition) is 2. The zero-order valence-electron chi connectivity index (χ0n) is 22.3. The fourth-order valence-electron chi connectivity index (χ4n) is 5.28. The molecule has 4 amide bonds. The van der Waals surface area contributed by atoms with Crippen LogP contribution in [0.4, 0.5) is 4.79 Å². The number of piperazine rings is 1. The van der Waals surface area contributed by atoms with Crippen molar-refractivity contribution >= 4 is 17.8 Å². The number of carbonyl (C=O) groups is 3. The van der Waals surface area contributed by atoms with E-state index in [0.717, 1.165) is 31.2 Å². The first kappa shape index (κ1) is 27.6. The zero-order valence-corrected chi connectivity index (χ0v) is 22.3. The SMILES string of the molecule is CNC(=O)C[C@H]1CN(Cc2cc(OC)cc(OC)c2)C(=O)[C@H](CC(C)C)N1C(=O)NC1CCCCC1. The summed E-state index contributed by atoms with van der Waals surface area (Å²) in [4.78, 5) is 43.3. The molecule has 0 radical (unpaired) electrons. The van der Waals surface area contributed by atoms with Crippen LogP contribution in [0.5, 0.6) is 11.5 Å². The topological polar surface area (TPSA) is 100 Å². The van der Waals surface area contributed by atoms with Crippen LogP contribution < -0.4 is 20.1 Å².